The minimum Gasteiger partial charge on any atom is -0.502 e. The summed E-state index contributed by atoms with van der Waals surface area (Å²) in [5.74, 6) is 0. The van der Waals surface area contributed by atoms with Gasteiger partial charge < -0.3 is 15.8 Å². The van der Waals surface area contributed by atoms with Crippen molar-refractivity contribution in [2.24, 2.45) is 5.73 Å². The number of nitrogens with two attached hydrogens (primary N) is 1. The van der Waals surface area contributed by atoms with Crippen LogP contribution in [0.4, 0.5) is 0 Å². The van der Waals surface area contributed by atoms with Crippen LogP contribution >= 0.6 is 0 Å². The monoisotopic (exact) mass is 158 g/mol. The quantitative estimate of drug-likeness (QED) is 0.399. The highest BCUT2D eigenvalue weighted by Crippen LogP contribution is 1.80. The van der Waals surface area contributed by atoms with Gasteiger partial charge in [-0.1, -0.05) is 6.58 Å². The van der Waals surface area contributed by atoms with Gasteiger partial charge in [-0.3, -0.25) is 0 Å². The average molecular weight is 158 g/mol. The zero-order chi connectivity index (χ0) is 8.36. The minimum atomic E-state index is 0.749. The minimum absolute atomic E-state index is 0.749. The molecule has 0 aliphatic carbocycles. The molecule has 0 rings (SSSR count). The predicted molar refractivity (Wildman–Crippen MR) is 47.3 cm³/mol. The Balaban J connectivity index is 2.74. The summed E-state index contributed by atoms with van der Waals surface area (Å²) in [6, 6.07) is 0. The van der Waals surface area contributed by atoms with Gasteiger partial charge in [0.2, 0.25) is 0 Å². The summed E-state index contributed by atoms with van der Waals surface area (Å²) < 4.78 is 4.94. The Morgan fingerprint density at radius 2 is 2.09 bits per heavy atom. The maximum absolute atomic E-state index is 5.31. The summed E-state index contributed by atoms with van der Waals surface area (Å²) in [6.45, 7) is 6.96. The van der Waals surface area contributed by atoms with Crippen LogP contribution in [0.2, 0.25) is 0 Å². The summed E-state index contributed by atoms with van der Waals surface area (Å²) >= 11 is 0. The lowest BCUT2D eigenvalue weighted by atomic mass is 10.4. The van der Waals surface area contributed by atoms with Crippen LogP contribution in [-0.2, 0) is 4.74 Å². The van der Waals surface area contributed by atoms with Crippen LogP contribution in [-0.4, -0.2) is 26.2 Å². The molecule has 0 atom stereocenters. The normalized spacial score (nSPS) is 9.55. The number of hydrogen-bond acceptors (Lipinski definition) is 3. The molecule has 0 saturated carbocycles. The lowest BCUT2D eigenvalue weighted by molar-refractivity contribution is 0.244. The zero-order valence-corrected chi connectivity index (χ0v) is 7.01. The van der Waals surface area contributed by atoms with Gasteiger partial charge in [0.15, 0.2) is 0 Å². The van der Waals surface area contributed by atoms with Gasteiger partial charge in [-0.05, 0) is 32.5 Å². The van der Waals surface area contributed by atoms with E-state index in [-0.39, 0.29) is 0 Å². The fourth-order valence-electron chi connectivity index (χ4n) is 0.716. The van der Waals surface area contributed by atoms with E-state index in [1.54, 1.807) is 0 Å². The molecule has 0 fully saturated rings. The number of ether oxygens (including phenoxy) is 1. The van der Waals surface area contributed by atoms with Crippen molar-refractivity contribution >= 4 is 0 Å². The SMILES string of the molecule is C=COCCCNCCCN. The third kappa shape index (κ3) is 9.46. The molecule has 3 nitrogen and oxygen atoms in total. The van der Waals surface area contributed by atoms with E-state index < -0.39 is 0 Å². The molecule has 0 radical (unpaired) electrons. The predicted octanol–water partition coefficient (Wildman–Crippen LogP) is 0.475. The average Bonchev–Trinajstić information content (AvgIpc) is 2.03. The fourth-order valence-corrected chi connectivity index (χ4v) is 0.716. The first-order valence-corrected chi connectivity index (χ1v) is 4.05. The highest BCUT2D eigenvalue weighted by atomic mass is 16.5. The lowest BCUT2D eigenvalue weighted by Gasteiger charge is -2.02. The maximum Gasteiger partial charge on any atom is 0.0885 e. The molecule has 0 aliphatic rings. The van der Waals surface area contributed by atoms with Crippen molar-refractivity contribution in [1.82, 2.24) is 5.32 Å². The molecule has 3 N–H and O–H groups in total. The van der Waals surface area contributed by atoms with E-state index in [4.69, 9.17) is 10.5 Å². The van der Waals surface area contributed by atoms with Crippen molar-refractivity contribution in [2.75, 3.05) is 26.2 Å². The van der Waals surface area contributed by atoms with Crippen molar-refractivity contribution < 1.29 is 4.74 Å². The van der Waals surface area contributed by atoms with E-state index in [2.05, 4.69) is 11.9 Å². The highest BCUT2D eigenvalue weighted by molar-refractivity contribution is 4.51. The molecule has 0 aromatic heterocycles. The second-order valence-corrected chi connectivity index (χ2v) is 2.28. The van der Waals surface area contributed by atoms with E-state index in [1.807, 2.05) is 0 Å². The third-order valence-corrected chi connectivity index (χ3v) is 1.29. The standard InChI is InChI=1S/C8H18N2O/c1-2-11-8-4-7-10-6-3-5-9/h2,10H,1,3-9H2. The zero-order valence-electron chi connectivity index (χ0n) is 7.01. The van der Waals surface area contributed by atoms with Crippen LogP contribution in [0.5, 0.6) is 0 Å². The second kappa shape index (κ2) is 9.46. The summed E-state index contributed by atoms with van der Waals surface area (Å²) in [6.07, 6.45) is 3.54. The van der Waals surface area contributed by atoms with Gasteiger partial charge in [0.25, 0.3) is 0 Å². The van der Waals surface area contributed by atoms with Gasteiger partial charge in [0.1, 0.15) is 0 Å². The van der Waals surface area contributed by atoms with E-state index in [1.165, 1.54) is 6.26 Å². The van der Waals surface area contributed by atoms with Gasteiger partial charge >= 0.3 is 0 Å². The number of nitrogens with one attached hydrogen (secondary N) is 1. The van der Waals surface area contributed by atoms with Crippen LogP contribution in [0.15, 0.2) is 12.8 Å². The van der Waals surface area contributed by atoms with Crippen LogP contribution in [0.1, 0.15) is 12.8 Å². The Bertz CT molecular complexity index is 86.2. The Morgan fingerprint density at radius 3 is 2.73 bits per heavy atom. The van der Waals surface area contributed by atoms with Gasteiger partial charge in [0, 0.05) is 0 Å². The molecule has 0 amide bonds. The summed E-state index contributed by atoms with van der Waals surface area (Å²) in [7, 11) is 0. The molecule has 0 spiro atoms. The first-order valence-electron chi connectivity index (χ1n) is 4.05. The summed E-state index contributed by atoms with van der Waals surface area (Å²) in [5, 5.41) is 3.25. The highest BCUT2D eigenvalue weighted by Gasteiger charge is 1.86. The van der Waals surface area contributed by atoms with E-state index in [0.717, 1.165) is 39.1 Å². The lowest BCUT2D eigenvalue weighted by Crippen LogP contribution is -2.20. The Labute approximate surface area is 68.6 Å². The van der Waals surface area contributed by atoms with Crippen LogP contribution in [0.25, 0.3) is 0 Å². The first-order chi connectivity index (χ1) is 5.41. The topological polar surface area (TPSA) is 47.3 Å². The molecule has 3 heteroatoms. The second-order valence-electron chi connectivity index (χ2n) is 2.28. The molecule has 66 valence electrons. The van der Waals surface area contributed by atoms with Crippen molar-refractivity contribution in [3.63, 3.8) is 0 Å². The van der Waals surface area contributed by atoms with Gasteiger partial charge in [-0.2, -0.15) is 0 Å². The van der Waals surface area contributed by atoms with Crippen LogP contribution in [0, 0.1) is 0 Å². The molecular weight excluding hydrogens is 140 g/mol. The smallest absolute Gasteiger partial charge is 0.0885 e. The fraction of sp³-hybridized carbons (Fsp3) is 0.750. The number of rotatable bonds is 8. The molecule has 0 heterocycles. The Hall–Kier alpha value is -0.540. The molecular formula is C8H18N2O. The van der Waals surface area contributed by atoms with E-state index >= 15 is 0 Å². The van der Waals surface area contributed by atoms with Crippen LogP contribution < -0.4 is 11.1 Å². The van der Waals surface area contributed by atoms with Crippen molar-refractivity contribution in [3.8, 4) is 0 Å². The van der Waals surface area contributed by atoms with E-state index in [0.29, 0.717) is 0 Å². The molecule has 0 aromatic rings. The van der Waals surface area contributed by atoms with Gasteiger partial charge in [-0.15, -0.1) is 0 Å². The Kier molecular flexibility index (Phi) is 9.00. The van der Waals surface area contributed by atoms with Crippen molar-refractivity contribution in [3.05, 3.63) is 12.8 Å². The summed E-state index contributed by atoms with van der Waals surface area (Å²) in [5.41, 5.74) is 5.31. The molecule has 0 aromatic carbocycles. The largest absolute Gasteiger partial charge is 0.502 e. The molecule has 0 unspecified atom stereocenters. The number of hydrogen-bond donors (Lipinski definition) is 2. The Morgan fingerprint density at radius 1 is 1.36 bits per heavy atom. The van der Waals surface area contributed by atoms with Gasteiger partial charge in [-0.25, -0.2) is 0 Å². The van der Waals surface area contributed by atoms with E-state index in [9.17, 15) is 0 Å². The van der Waals surface area contributed by atoms with Crippen molar-refractivity contribution in [1.29, 1.82) is 0 Å². The van der Waals surface area contributed by atoms with Crippen molar-refractivity contribution in [2.45, 2.75) is 12.8 Å². The summed E-state index contributed by atoms with van der Waals surface area (Å²) in [4.78, 5) is 0. The maximum atomic E-state index is 5.31. The molecule has 0 bridgehead atoms. The molecule has 0 aliphatic heterocycles. The molecule has 11 heavy (non-hydrogen) atoms. The van der Waals surface area contributed by atoms with Gasteiger partial charge in [0.05, 0.1) is 12.9 Å². The third-order valence-electron chi connectivity index (χ3n) is 1.29. The van der Waals surface area contributed by atoms with Crippen LogP contribution in [0.3, 0.4) is 0 Å². The molecule has 0 saturated heterocycles. The first kappa shape index (κ1) is 10.5.